The lowest BCUT2D eigenvalue weighted by atomic mass is 10.1. The van der Waals surface area contributed by atoms with E-state index < -0.39 is 15.9 Å². The van der Waals surface area contributed by atoms with E-state index in [1.807, 2.05) is 44.1 Å². The lowest BCUT2D eigenvalue weighted by molar-refractivity contribution is 0.102. The second kappa shape index (κ2) is 11.9. The Morgan fingerprint density at radius 1 is 0.952 bits per heavy atom. The molecule has 0 atom stereocenters. The van der Waals surface area contributed by atoms with Crippen molar-refractivity contribution in [2.24, 2.45) is 0 Å². The van der Waals surface area contributed by atoms with E-state index in [0.29, 0.717) is 40.1 Å². The minimum Gasteiger partial charge on any atom is -0.494 e. The van der Waals surface area contributed by atoms with Crippen LogP contribution in [0, 0.1) is 0 Å². The average Bonchev–Trinajstić information content (AvgIpc) is 3.37. The molecule has 0 aliphatic rings. The number of carbonyl (C=O) groups is 1. The lowest BCUT2D eigenvalue weighted by Gasteiger charge is -2.12. The maximum Gasteiger partial charge on any atom is 0.261 e. The Morgan fingerprint density at radius 3 is 2.50 bits per heavy atom. The molecular formula is C30H27Cl2N5O4S. The molecule has 0 radical (unpaired) electrons. The largest absolute Gasteiger partial charge is 0.494 e. The number of rotatable bonds is 9. The lowest BCUT2D eigenvalue weighted by Crippen LogP contribution is -2.15. The highest BCUT2D eigenvalue weighted by molar-refractivity contribution is 7.92. The molecule has 0 aliphatic carbocycles. The zero-order valence-corrected chi connectivity index (χ0v) is 25.2. The molecule has 0 spiro atoms. The summed E-state index contributed by atoms with van der Waals surface area (Å²) in [5.74, 6) is 0.565. The van der Waals surface area contributed by atoms with E-state index in [2.05, 4.69) is 20.0 Å². The monoisotopic (exact) mass is 623 g/mol. The minimum absolute atomic E-state index is 0.0263. The first kappa shape index (κ1) is 29.2. The second-order valence-electron chi connectivity index (χ2n) is 9.54. The van der Waals surface area contributed by atoms with E-state index in [9.17, 15) is 13.2 Å². The van der Waals surface area contributed by atoms with Crippen molar-refractivity contribution >= 4 is 67.2 Å². The highest BCUT2D eigenvalue weighted by Gasteiger charge is 2.20. The van der Waals surface area contributed by atoms with Crippen molar-refractivity contribution in [1.29, 1.82) is 0 Å². The van der Waals surface area contributed by atoms with Gasteiger partial charge in [-0.3, -0.25) is 9.52 Å². The third-order valence-corrected chi connectivity index (χ3v) is 8.38. The average molecular weight is 625 g/mol. The van der Waals surface area contributed by atoms with Crippen LogP contribution in [0.25, 0.3) is 22.4 Å². The predicted octanol–water partition coefficient (Wildman–Crippen LogP) is 7.05. The molecule has 216 valence electrons. The topological polar surface area (TPSA) is 116 Å². The van der Waals surface area contributed by atoms with Crippen LogP contribution in [-0.4, -0.2) is 45.0 Å². The highest BCUT2D eigenvalue weighted by Crippen LogP contribution is 2.32. The molecule has 1 amide bonds. The summed E-state index contributed by atoms with van der Waals surface area (Å²) in [5.41, 5.74) is 4.13. The van der Waals surface area contributed by atoms with Gasteiger partial charge in [0, 0.05) is 37.1 Å². The Bertz CT molecular complexity index is 1910. The van der Waals surface area contributed by atoms with Gasteiger partial charge in [-0.05, 0) is 73.7 Å². The Morgan fingerprint density at radius 2 is 1.76 bits per heavy atom. The standard InChI is InChI=1S/C30H27Cl2N5O4S/c1-4-41-21-7-5-6-19(14-21)36-42(39,40)22-10-11-23(26(32)17-22)30(38)33-18-8-12-25(31)24(15-18)29-34-27-13-9-20(37(2)3)16-28(27)35-29/h5-17,36H,4H2,1-3H3,(H,33,38)(H,34,35). The van der Waals surface area contributed by atoms with E-state index in [1.54, 1.807) is 42.5 Å². The number of halogens is 2. The van der Waals surface area contributed by atoms with Gasteiger partial charge in [0.2, 0.25) is 0 Å². The molecule has 3 N–H and O–H groups in total. The van der Waals surface area contributed by atoms with Gasteiger partial charge in [0.25, 0.3) is 15.9 Å². The number of fused-ring (bicyclic) bond motifs is 1. The fraction of sp³-hybridized carbons (Fsp3) is 0.133. The first-order valence-corrected chi connectivity index (χ1v) is 15.1. The number of ether oxygens (including phenoxy) is 1. The first-order chi connectivity index (χ1) is 20.0. The maximum atomic E-state index is 13.1. The van der Waals surface area contributed by atoms with Gasteiger partial charge in [-0.2, -0.15) is 0 Å². The van der Waals surface area contributed by atoms with Gasteiger partial charge < -0.3 is 19.9 Å². The van der Waals surface area contributed by atoms with Crippen LogP contribution in [0.5, 0.6) is 5.75 Å². The van der Waals surface area contributed by atoms with Crippen LogP contribution in [0.15, 0.2) is 83.8 Å². The summed E-state index contributed by atoms with van der Waals surface area (Å²) in [7, 11) is -0.0680. The number of nitrogens with zero attached hydrogens (tertiary/aromatic N) is 2. The number of amides is 1. The SMILES string of the molecule is CCOc1cccc(NS(=O)(=O)c2ccc(C(=O)Nc3ccc(Cl)c(-c4nc5cc(N(C)C)ccc5[nH]4)c3)c(Cl)c2)c1. The van der Waals surface area contributed by atoms with Gasteiger partial charge in [0.15, 0.2) is 0 Å². The first-order valence-electron chi connectivity index (χ1n) is 12.9. The Labute approximate surface area is 253 Å². The van der Waals surface area contributed by atoms with Crippen LogP contribution in [0.2, 0.25) is 10.0 Å². The molecule has 1 aromatic heterocycles. The quantitative estimate of drug-likeness (QED) is 0.162. The van der Waals surface area contributed by atoms with Crippen LogP contribution in [0.4, 0.5) is 17.1 Å². The molecule has 0 aliphatic heterocycles. The number of imidazole rings is 1. The summed E-state index contributed by atoms with van der Waals surface area (Å²) >= 11 is 12.9. The number of carbonyl (C=O) groups excluding carboxylic acids is 1. The zero-order valence-electron chi connectivity index (χ0n) is 22.9. The highest BCUT2D eigenvalue weighted by atomic mass is 35.5. The Hall–Kier alpha value is -4.25. The number of hydrogen-bond acceptors (Lipinski definition) is 6. The van der Waals surface area contributed by atoms with Crippen LogP contribution < -0.4 is 19.7 Å². The van der Waals surface area contributed by atoms with Gasteiger partial charge in [0.05, 0.1) is 43.8 Å². The zero-order chi connectivity index (χ0) is 30.0. The number of H-pyrrole nitrogens is 1. The third kappa shape index (κ3) is 6.30. The number of aromatic nitrogens is 2. The maximum absolute atomic E-state index is 13.1. The van der Waals surface area contributed by atoms with E-state index in [0.717, 1.165) is 16.7 Å². The molecule has 5 rings (SSSR count). The van der Waals surface area contributed by atoms with Crippen molar-refractivity contribution in [3.8, 4) is 17.1 Å². The van der Waals surface area contributed by atoms with Gasteiger partial charge in [-0.1, -0.05) is 29.3 Å². The van der Waals surface area contributed by atoms with Crippen molar-refractivity contribution < 1.29 is 17.9 Å². The van der Waals surface area contributed by atoms with E-state index >= 15 is 0 Å². The summed E-state index contributed by atoms with van der Waals surface area (Å²) in [6.07, 6.45) is 0. The fourth-order valence-corrected chi connectivity index (χ4v) is 5.87. The van der Waals surface area contributed by atoms with Crippen molar-refractivity contribution in [1.82, 2.24) is 9.97 Å². The van der Waals surface area contributed by atoms with E-state index in [1.165, 1.54) is 18.2 Å². The van der Waals surface area contributed by atoms with Crippen molar-refractivity contribution in [3.05, 3.63) is 94.5 Å². The summed E-state index contributed by atoms with van der Waals surface area (Å²) in [6, 6.07) is 21.4. The smallest absolute Gasteiger partial charge is 0.261 e. The van der Waals surface area contributed by atoms with Crippen LogP contribution in [-0.2, 0) is 10.0 Å². The molecule has 0 bridgehead atoms. The van der Waals surface area contributed by atoms with Crippen LogP contribution >= 0.6 is 23.2 Å². The summed E-state index contributed by atoms with van der Waals surface area (Å²) in [6.45, 7) is 2.29. The molecule has 0 fully saturated rings. The number of hydrogen-bond donors (Lipinski definition) is 3. The van der Waals surface area contributed by atoms with Gasteiger partial charge in [-0.15, -0.1) is 0 Å². The van der Waals surface area contributed by atoms with Gasteiger partial charge >= 0.3 is 0 Å². The van der Waals surface area contributed by atoms with Gasteiger partial charge in [0.1, 0.15) is 11.6 Å². The predicted molar refractivity (Wildman–Crippen MR) is 169 cm³/mol. The summed E-state index contributed by atoms with van der Waals surface area (Å²) in [5, 5.41) is 3.23. The van der Waals surface area contributed by atoms with Crippen LogP contribution in [0.3, 0.4) is 0 Å². The van der Waals surface area contributed by atoms with Crippen molar-refractivity contribution in [2.45, 2.75) is 11.8 Å². The molecule has 4 aromatic carbocycles. The van der Waals surface area contributed by atoms with Crippen LogP contribution in [0.1, 0.15) is 17.3 Å². The number of sulfonamides is 1. The molecule has 42 heavy (non-hydrogen) atoms. The van der Waals surface area contributed by atoms with Crippen molar-refractivity contribution in [2.75, 3.05) is 35.6 Å². The molecule has 0 saturated heterocycles. The van der Waals surface area contributed by atoms with Gasteiger partial charge in [-0.25, -0.2) is 13.4 Å². The summed E-state index contributed by atoms with van der Waals surface area (Å²) < 4.78 is 33.9. The molecule has 0 unspecified atom stereocenters. The third-order valence-electron chi connectivity index (χ3n) is 6.36. The molecule has 0 saturated carbocycles. The van der Waals surface area contributed by atoms with E-state index in [4.69, 9.17) is 27.9 Å². The normalized spacial score (nSPS) is 11.4. The molecule has 12 heteroatoms. The number of anilines is 3. The molecule has 1 heterocycles. The molecule has 9 nitrogen and oxygen atoms in total. The minimum atomic E-state index is -3.98. The van der Waals surface area contributed by atoms with Crippen molar-refractivity contribution in [3.63, 3.8) is 0 Å². The number of nitrogens with one attached hydrogen (secondary N) is 3. The Kier molecular flexibility index (Phi) is 8.31. The molecular weight excluding hydrogens is 597 g/mol. The Balaban J connectivity index is 1.35. The summed E-state index contributed by atoms with van der Waals surface area (Å²) in [4.78, 5) is 23.0. The fourth-order valence-electron chi connectivity index (χ4n) is 4.26. The number of aromatic amines is 1. The van der Waals surface area contributed by atoms with E-state index in [-0.39, 0.29) is 15.5 Å². The molecule has 5 aromatic rings. The number of benzene rings is 4. The second-order valence-corrected chi connectivity index (χ2v) is 12.0.